The number of aromatic amines is 1. The zero-order valence-corrected chi connectivity index (χ0v) is 11.5. The van der Waals surface area contributed by atoms with Gasteiger partial charge in [-0.3, -0.25) is 0 Å². The molecule has 2 aromatic heterocycles. The van der Waals surface area contributed by atoms with Crippen LogP contribution in [0, 0.1) is 0 Å². The van der Waals surface area contributed by atoms with Gasteiger partial charge in [0.15, 0.2) is 0 Å². The van der Waals surface area contributed by atoms with Crippen LogP contribution >= 0.6 is 0 Å². The third kappa shape index (κ3) is 3.27. The van der Waals surface area contributed by atoms with Gasteiger partial charge in [-0.25, -0.2) is 4.98 Å². The van der Waals surface area contributed by atoms with Crippen LogP contribution in [0.3, 0.4) is 0 Å². The summed E-state index contributed by atoms with van der Waals surface area (Å²) in [5, 5.41) is 4.79. The number of benzene rings is 1. The van der Waals surface area contributed by atoms with Crippen LogP contribution in [0.15, 0.2) is 49.2 Å². The zero-order chi connectivity index (χ0) is 13.6. The molecule has 4 nitrogen and oxygen atoms in total. The normalized spacial score (nSPS) is 11.2. The minimum Gasteiger partial charge on any atom is -0.361 e. The molecule has 3 aromatic rings. The molecule has 0 spiro atoms. The molecule has 0 fully saturated rings. The van der Waals surface area contributed by atoms with Gasteiger partial charge in [-0.1, -0.05) is 6.07 Å². The number of nitrogens with one attached hydrogen (secondary N) is 2. The third-order valence-corrected chi connectivity index (χ3v) is 3.53. The van der Waals surface area contributed by atoms with Crippen molar-refractivity contribution >= 4 is 10.9 Å². The molecule has 0 atom stereocenters. The average Bonchev–Trinajstić information content (AvgIpc) is 3.13. The number of aromatic nitrogens is 3. The lowest BCUT2D eigenvalue weighted by molar-refractivity contribution is 0.568. The van der Waals surface area contributed by atoms with Gasteiger partial charge in [0.1, 0.15) is 0 Å². The molecule has 20 heavy (non-hydrogen) atoms. The molecule has 0 aliphatic rings. The minimum atomic E-state index is 0.937. The van der Waals surface area contributed by atoms with Gasteiger partial charge in [-0.05, 0) is 48.5 Å². The molecule has 2 N–H and O–H groups in total. The van der Waals surface area contributed by atoms with Crippen molar-refractivity contribution in [3.8, 4) is 0 Å². The molecule has 0 amide bonds. The maximum Gasteiger partial charge on any atom is 0.0945 e. The van der Waals surface area contributed by atoms with E-state index in [2.05, 4.69) is 44.1 Å². The molecule has 0 unspecified atom stereocenters. The average molecular weight is 268 g/mol. The van der Waals surface area contributed by atoms with Crippen molar-refractivity contribution in [2.45, 2.75) is 25.9 Å². The van der Waals surface area contributed by atoms with E-state index in [1.165, 1.54) is 29.3 Å². The molecule has 0 radical (unpaired) electrons. The molecule has 0 saturated heterocycles. The molecule has 4 heteroatoms. The summed E-state index contributed by atoms with van der Waals surface area (Å²) in [4.78, 5) is 7.26. The van der Waals surface area contributed by atoms with E-state index in [4.69, 9.17) is 0 Å². The van der Waals surface area contributed by atoms with E-state index < -0.39 is 0 Å². The Bertz CT molecular complexity index is 639. The second-order valence-corrected chi connectivity index (χ2v) is 5.08. The highest BCUT2D eigenvalue weighted by Crippen LogP contribution is 2.13. The lowest BCUT2D eigenvalue weighted by atomic mass is 10.1. The van der Waals surface area contributed by atoms with E-state index in [9.17, 15) is 0 Å². The summed E-state index contributed by atoms with van der Waals surface area (Å²) in [6.07, 6.45) is 10.1. The predicted octanol–water partition coefficient (Wildman–Crippen LogP) is 2.93. The lowest BCUT2D eigenvalue weighted by Gasteiger charge is -2.06. The monoisotopic (exact) mass is 268 g/mol. The Balaban J connectivity index is 1.37. The Morgan fingerprint density at radius 3 is 3.10 bits per heavy atom. The first-order valence-electron chi connectivity index (χ1n) is 7.14. The number of aryl methyl sites for hydroxylation is 1. The molecule has 0 aliphatic carbocycles. The minimum absolute atomic E-state index is 0.937. The number of fused-ring (bicyclic) bond motifs is 1. The fraction of sp³-hybridized carbons (Fsp3) is 0.312. The van der Waals surface area contributed by atoms with Gasteiger partial charge in [0.25, 0.3) is 0 Å². The molecule has 0 aliphatic heterocycles. The van der Waals surface area contributed by atoms with Gasteiger partial charge in [0.05, 0.1) is 6.33 Å². The van der Waals surface area contributed by atoms with Crippen LogP contribution in [0.1, 0.15) is 18.4 Å². The third-order valence-electron chi connectivity index (χ3n) is 3.53. The summed E-state index contributed by atoms with van der Waals surface area (Å²) < 4.78 is 2.12. The first kappa shape index (κ1) is 12.9. The molecular weight excluding hydrogens is 248 g/mol. The van der Waals surface area contributed by atoms with Gasteiger partial charge in [0.2, 0.25) is 0 Å². The first-order chi connectivity index (χ1) is 9.92. The summed E-state index contributed by atoms with van der Waals surface area (Å²) in [5.74, 6) is 0. The second kappa shape index (κ2) is 6.39. The van der Waals surface area contributed by atoms with Crippen LogP contribution in [-0.4, -0.2) is 21.1 Å². The Morgan fingerprint density at radius 2 is 2.20 bits per heavy atom. The number of imidazole rings is 1. The number of H-pyrrole nitrogens is 1. The number of nitrogens with zero attached hydrogens (tertiary/aromatic N) is 2. The predicted molar refractivity (Wildman–Crippen MR) is 81.5 cm³/mol. The summed E-state index contributed by atoms with van der Waals surface area (Å²) in [6, 6.07) is 8.68. The summed E-state index contributed by atoms with van der Waals surface area (Å²) in [5.41, 5.74) is 2.54. The molecule has 2 heterocycles. The Labute approximate surface area is 118 Å². The number of rotatable bonds is 7. The summed E-state index contributed by atoms with van der Waals surface area (Å²) in [6.45, 7) is 3.04. The largest absolute Gasteiger partial charge is 0.361 e. The van der Waals surface area contributed by atoms with Gasteiger partial charge in [-0.2, -0.15) is 0 Å². The SMILES string of the molecule is c1cn(CCCCNCc2ccc3[nH]ccc3c2)cn1. The van der Waals surface area contributed by atoms with Gasteiger partial charge >= 0.3 is 0 Å². The quantitative estimate of drug-likeness (QED) is 0.647. The van der Waals surface area contributed by atoms with E-state index in [1.807, 2.05) is 24.9 Å². The number of unbranched alkanes of at least 4 members (excludes halogenated alkanes) is 1. The van der Waals surface area contributed by atoms with Crippen molar-refractivity contribution in [2.24, 2.45) is 0 Å². The lowest BCUT2D eigenvalue weighted by Crippen LogP contribution is -2.15. The Hall–Kier alpha value is -2.07. The van der Waals surface area contributed by atoms with Crippen LogP contribution in [0.2, 0.25) is 0 Å². The standard InChI is InChI=1S/C16H20N4/c1(2-9-20-10-8-18-13-20)6-17-12-14-3-4-16-15(11-14)5-7-19-16/h3-5,7-8,10-11,13,17,19H,1-2,6,9,12H2. The molecular formula is C16H20N4. The van der Waals surface area contributed by atoms with Crippen molar-refractivity contribution in [3.63, 3.8) is 0 Å². The Kier molecular flexibility index (Phi) is 4.13. The van der Waals surface area contributed by atoms with Crippen LogP contribution in [-0.2, 0) is 13.1 Å². The van der Waals surface area contributed by atoms with Crippen molar-refractivity contribution in [2.75, 3.05) is 6.54 Å². The second-order valence-electron chi connectivity index (χ2n) is 5.08. The van der Waals surface area contributed by atoms with E-state index in [0.717, 1.165) is 19.6 Å². The summed E-state index contributed by atoms with van der Waals surface area (Å²) in [7, 11) is 0. The van der Waals surface area contributed by atoms with E-state index in [1.54, 1.807) is 0 Å². The fourth-order valence-corrected chi connectivity index (χ4v) is 2.41. The maximum atomic E-state index is 4.04. The molecule has 104 valence electrons. The fourth-order valence-electron chi connectivity index (χ4n) is 2.41. The topological polar surface area (TPSA) is 45.6 Å². The molecule has 0 bridgehead atoms. The van der Waals surface area contributed by atoms with Crippen molar-refractivity contribution in [3.05, 3.63) is 54.7 Å². The van der Waals surface area contributed by atoms with Gasteiger partial charge < -0.3 is 14.9 Å². The van der Waals surface area contributed by atoms with Crippen LogP contribution in [0.4, 0.5) is 0 Å². The van der Waals surface area contributed by atoms with Crippen molar-refractivity contribution in [1.29, 1.82) is 0 Å². The van der Waals surface area contributed by atoms with E-state index in [0.29, 0.717) is 0 Å². The van der Waals surface area contributed by atoms with Crippen molar-refractivity contribution in [1.82, 2.24) is 19.9 Å². The number of hydrogen-bond acceptors (Lipinski definition) is 2. The highest BCUT2D eigenvalue weighted by Gasteiger charge is 1.97. The highest BCUT2D eigenvalue weighted by molar-refractivity contribution is 5.79. The smallest absolute Gasteiger partial charge is 0.0945 e. The van der Waals surface area contributed by atoms with Crippen molar-refractivity contribution < 1.29 is 0 Å². The van der Waals surface area contributed by atoms with E-state index >= 15 is 0 Å². The maximum absolute atomic E-state index is 4.04. The molecule has 3 rings (SSSR count). The van der Waals surface area contributed by atoms with Gasteiger partial charge in [-0.15, -0.1) is 0 Å². The number of hydrogen-bond donors (Lipinski definition) is 2. The summed E-state index contributed by atoms with van der Waals surface area (Å²) >= 11 is 0. The van der Waals surface area contributed by atoms with Gasteiger partial charge in [0, 0.05) is 37.2 Å². The van der Waals surface area contributed by atoms with E-state index in [-0.39, 0.29) is 0 Å². The first-order valence-corrected chi connectivity index (χ1v) is 7.14. The highest BCUT2D eigenvalue weighted by atomic mass is 15.0. The molecule has 1 aromatic carbocycles. The molecule has 0 saturated carbocycles. The van der Waals surface area contributed by atoms with Crippen LogP contribution in [0.5, 0.6) is 0 Å². The van der Waals surface area contributed by atoms with Crippen LogP contribution < -0.4 is 5.32 Å². The Morgan fingerprint density at radius 1 is 1.20 bits per heavy atom. The van der Waals surface area contributed by atoms with Crippen LogP contribution in [0.25, 0.3) is 10.9 Å². The zero-order valence-electron chi connectivity index (χ0n) is 11.5.